The van der Waals surface area contributed by atoms with Gasteiger partial charge in [-0.15, -0.1) is 11.3 Å². The maximum atomic E-state index is 6.60. The van der Waals surface area contributed by atoms with Crippen molar-refractivity contribution in [3.63, 3.8) is 0 Å². The molecule has 0 unspecified atom stereocenters. The second kappa shape index (κ2) is 13.6. The fourth-order valence-corrected chi connectivity index (χ4v) is 10.2. The summed E-state index contributed by atoms with van der Waals surface area (Å²) in [4.78, 5) is 2.41. The van der Waals surface area contributed by atoms with Crippen LogP contribution in [0.5, 0.6) is 0 Å². The van der Waals surface area contributed by atoms with Gasteiger partial charge in [-0.25, -0.2) is 0 Å². The molecule has 3 heteroatoms. The number of anilines is 3. The fourth-order valence-electron chi connectivity index (χ4n) is 9.11. The molecule has 0 N–H and O–H groups in total. The van der Waals surface area contributed by atoms with Gasteiger partial charge in [-0.05, 0) is 110 Å². The fraction of sp³-hybridized carbons (Fsp3) is 0. The number of furan rings is 1. The Bertz CT molecular complexity index is 3560. The van der Waals surface area contributed by atoms with Gasteiger partial charge in [-0.2, -0.15) is 0 Å². The summed E-state index contributed by atoms with van der Waals surface area (Å²) in [6, 6.07) is 77.0. The minimum atomic E-state index is 0.899. The first-order chi connectivity index (χ1) is 29.2. The van der Waals surface area contributed by atoms with E-state index in [2.05, 4.69) is 211 Å². The number of para-hydroxylation sites is 2. The zero-order chi connectivity index (χ0) is 38.9. The lowest BCUT2D eigenvalue weighted by Gasteiger charge is -2.27. The molecular formula is C56H35NOS. The highest BCUT2D eigenvalue weighted by atomic mass is 32.1. The molecule has 2 nitrogen and oxygen atoms in total. The van der Waals surface area contributed by atoms with Gasteiger partial charge in [0.25, 0.3) is 0 Å². The lowest BCUT2D eigenvalue weighted by atomic mass is 9.92. The van der Waals surface area contributed by atoms with Gasteiger partial charge in [-0.3, -0.25) is 0 Å². The molecule has 0 saturated heterocycles. The van der Waals surface area contributed by atoms with Crippen LogP contribution in [0.1, 0.15) is 0 Å². The molecule has 12 aromatic rings. The van der Waals surface area contributed by atoms with Crippen LogP contribution < -0.4 is 4.90 Å². The number of hydrogen-bond acceptors (Lipinski definition) is 3. The highest BCUT2D eigenvalue weighted by Gasteiger charge is 2.20. The number of hydrogen-bond donors (Lipinski definition) is 0. The lowest BCUT2D eigenvalue weighted by Crippen LogP contribution is -2.10. The molecule has 0 amide bonds. The van der Waals surface area contributed by atoms with Crippen molar-refractivity contribution in [2.75, 3.05) is 4.90 Å². The molecule has 0 radical (unpaired) electrons. The van der Waals surface area contributed by atoms with Crippen LogP contribution in [0.2, 0.25) is 0 Å². The Morgan fingerprint density at radius 3 is 1.81 bits per heavy atom. The highest BCUT2D eigenvalue weighted by Crippen LogP contribution is 2.46. The second-order valence-corrected chi connectivity index (χ2v) is 16.3. The molecule has 0 bridgehead atoms. The second-order valence-electron chi connectivity index (χ2n) is 15.2. The van der Waals surface area contributed by atoms with Gasteiger partial charge in [0.15, 0.2) is 0 Å². The van der Waals surface area contributed by atoms with E-state index in [0.29, 0.717) is 0 Å². The number of fused-ring (bicyclic) bond motifs is 9. The average molecular weight is 770 g/mol. The van der Waals surface area contributed by atoms with Crippen LogP contribution in [0, 0.1) is 0 Å². The zero-order valence-corrected chi connectivity index (χ0v) is 32.8. The Morgan fingerprint density at radius 1 is 0.322 bits per heavy atom. The zero-order valence-electron chi connectivity index (χ0n) is 32.0. The van der Waals surface area contributed by atoms with E-state index in [1.165, 1.54) is 52.8 Å². The van der Waals surface area contributed by atoms with Gasteiger partial charge in [-0.1, -0.05) is 152 Å². The van der Waals surface area contributed by atoms with Crippen molar-refractivity contribution in [3.8, 4) is 33.4 Å². The molecule has 0 aliphatic carbocycles. The lowest BCUT2D eigenvalue weighted by molar-refractivity contribution is 0.670. The summed E-state index contributed by atoms with van der Waals surface area (Å²) in [6.45, 7) is 0. The van der Waals surface area contributed by atoms with Gasteiger partial charge >= 0.3 is 0 Å². The Balaban J connectivity index is 1.06. The minimum absolute atomic E-state index is 0.899. The third kappa shape index (κ3) is 5.55. The van der Waals surface area contributed by atoms with Crippen molar-refractivity contribution in [1.82, 2.24) is 0 Å². The molecule has 0 aliphatic rings. The quantitative estimate of drug-likeness (QED) is 0.157. The summed E-state index contributed by atoms with van der Waals surface area (Å²) >= 11 is 1.85. The molecule has 0 aliphatic heterocycles. The monoisotopic (exact) mass is 769 g/mol. The van der Waals surface area contributed by atoms with Crippen LogP contribution in [0.25, 0.3) is 97.0 Å². The first-order valence-electron chi connectivity index (χ1n) is 20.1. The highest BCUT2D eigenvalue weighted by molar-refractivity contribution is 7.25. The smallest absolute Gasteiger partial charge is 0.143 e. The standard InChI is InChI=1S/C56H35NOS/c1-2-13-36(14-3-1)51-34-40(29-31-45(51)48-21-12-22-49-46-19-8-10-23-53(46)58-56(48)49)57(41-30-32-55-52(35-41)47-20-9-11-24-54(47)59-55)39-27-25-37(26-28-39)50-33-38-15-4-5-16-42(38)43-17-6-7-18-44(43)50/h1-35H. The Hall–Kier alpha value is -7.46. The van der Waals surface area contributed by atoms with E-state index in [9.17, 15) is 0 Å². The summed E-state index contributed by atoms with van der Waals surface area (Å²) < 4.78 is 9.19. The topological polar surface area (TPSA) is 16.4 Å². The van der Waals surface area contributed by atoms with Crippen LogP contribution in [0.3, 0.4) is 0 Å². The van der Waals surface area contributed by atoms with Crippen molar-refractivity contribution < 1.29 is 4.42 Å². The first-order valence-corrected chi connectivity index (χ1v) is 20.9. The van der Waals surface area contributed by atoms with Gasteiger partial charge in [0.2, 0.25) is 0 Å². The van der Waals surface area contributed by atoms with Crippen molar-refractivity contribution in [3.05, 3.63) is 212 Å². The minimum Gasteiger partial charge on any atom is -0.455 e. The summed E-state index contributed by atoms with van der Waals surface area (Å²) in [6.07, 6.45) is 0. The Morgan fingerprint density at radius 2 is 0.949 bits per heavy atom. The SMILES string of the molecule is c1ccc(-c2cc(N(c3ccc(-c4cc5ccccc5c5ccccc45)cc3)c3ccc4sc5ccccc5c4c3)ccc2-c2cccc3c2oc2ccccc23)cc1. The predicted molar refractivity (Wildman–Crippen MR) is 253 cm³/mol. The molecule has 10 aromatic carbocycles. The largest absolute Gasteiger partial charge is 0.455 e. The molecule has 12 rings (SSSR count). The molecule has 276 valence electrons. The van der Waals surface area contributed by atoms with Crippen LogP contribution in [-0.4, -0.2) is 0 Å². The van der Waals surface area contributed by atoms with E-state index in [0.717, 1.165) is 61.3 Å². The molecule has 0 fully saturated rings. The summed E-state index contributed by atoms with van der Waals surface area (Å²) in [5.74, 6) is 0. The molecule has 0 atom stereocenters. The van der Waals surface area contributed by atoms with Crippen molar-refractivity contribution in [1.29, 1.82) is 0 Å². The third-order valence-corrected chi connectivity index (χ3v) is 13.0. The summed E-state index contributed by atoms with van der Waals surface area (Å²) in [5, 5.41) is 9.86. The predicted octanol–water partition coefficient (Wildman–Crippen LogP) is 16.7. The van der Waals surface area contributed by atoms with E-state index >= 15 is 0 Å². The van der Waals surface area contributed by atoms with Crippen LogP contribution >= 0.6 is 11.3 Å². The molecule has 59 heavy (non-hydrogen) atoms. The maximum absolute atomic E-state index is 6.60. The van der Waals surface area contributed by atoms with Gasteiger partial charge < -0.3 is 9.32 Å². The Kier molecular flexibility index (Phi) is 7.75. The molecule has 0 spiro atoms. The van der Waals surface area contributed by atoms with Crippen LogP contribution in [0.4, 0.5) is 17.1 Å². The van der Waals surface area contributed by atoms with Crippen molar-refractivity contribution in [2.45, 2.75) is 0 Å². The maximum Gasteiger partial charge on any atom is 0.143 e. The van der Waals surface area contributed by atoms with Crippen molar-refractivity contribution >= 4 is 92.1 Å². The van der Waals surface area contributed by atoms with Gasteiger partial charge in [0.05, 0.1) is 0 Å². The number of benzene rings is 10. The summed E-state index contributed by atoms with van der Waals surface area (Å²) in [5.41, 5.74) is 12.0. The van der Waals surface area contributed by atoms with E-state index in [4.69, 9.17) is 4.42 Å². The average Bonchev–Trinajstić information content (AvgIpc) is 3.88. The van der Waals surface area contributed by atoms with E-state index in [1.807, 2.05) is 17.4 Å². The van der Waals surface area contributed by atoms with E-state index in [1.54, 1.807) is 0 Å². The molecular weight excluding hydrogens is 735 g/mol. The Labute approximate surface area is 345 Å². The normalized spacial score (nSPS) is 11.7. The number of nitrogens with zero attached hydrogens (tertiary/aromatic N) is 1. The van der Waals surface area contributed by atoms with E-state index in [-0.39, 0.29) is 0 Å². The van der Waals surface area contributed by atoms with Crippen LogP contribution in [-0.2, 0) is 0 Å². The molecule has 0 saturated carbocycles. The van der Waals surface area contributed by atoms with Crippen molar-refractivity contribution in [2.24, 2.45) is 0 Å². The number of thiophene rings is 1. The molecule has 2 aromatic heterocycles. The van der Waals surface area contributed by atoms with E-state index < -0.39 is 0 Å². The van der Waals surface area contributed by atoms with Crippen LogP contribution in [0.15, 0.2) is 217 Å². The third-order valence-electron chi connectivity index (χ3n) is 11.9. The van der Waals surface area contributed by atoms with Gasteiger partial charge in [0.1, 0.15) is 11.2 Å². The van der Waals surface area contributed by atoms with Gasteiger partial charge in [0, 0.05) is 53.6 Å². The summed E-state index contributed by atoms with van der Waals surface area (Å²) in [7, 11) is 0. The number of rotatable bonds is 6. The first kappa shape index (κ1) is 33.7. The molecule has 2 heterocycles.